The fraction of sp³-hybridized carbons (Fsp3) is 0.375. The number of ether oxygens (including phenoxy) is 1. The fourth-order valence-corrected chi connectivity index (χ4v) is 2.81. The van der Waals surface area contributed by atoms with Crippen LogP contribution >= 0.6 is 0 Å². The van der Waals surface area contributed by atoms with Gasteiger partial charge in [0.1, 0.15) is 0 Å². The first-order chi connectivity index (χ1) is 10.2. The van der Waals surface area contributed by atoms with Crippen molar-refractivity contribution in [2.24, 2.45) is 0 Å². The highest BCUT2D eigenvalue weighted by atomic mass is 16.6. The zero-order valence-corrected chi connectivity index (χ0v) is 12.0. The van der Waals surface area contributed by atoms with Gasteiger partial charge in [-0.1, -0.05) is 12.1 Å². The van der Waals surface area contributed by atoms with E-state index in [4.69, 9.17) is 4.74 Å². The molecule has 0 saturated heterocycles. The Labute approximate surface area is 122 Å². The van der Waals surface area contributed by atoms with Crippen molar-refractivity contribution in [3.05, 3.63) is 45.7 Å². The predicted octanol–water partition coefficient (Wildman–Crippen LogP) is 2.09. The van der Waals surface area contributed by atoms with Crippen LogP contribution in [0.3, 0.4) is 0 Å². The van der Waals surface area contributed by atoms with Crippen molar-refractivity contribution in [3.63, 3.8) is 0 Å². The van der Waals surface area contributed by atoms with Gasteiger partial charge in [0.05, 0.1) is 6.61 Å². The number of nitrogens with zero attached hydrogens (tertiary/aromatic N) is 1. The number of carbonyl (C=O) groups excluding carboxylic acids is 1. The van der Waals surface area contributed by atoms with Crippen molar-refractivity contribution >= 4 is 17.0 Å². The lowest BCUT2D eigenvalue weighted by Crippen LogP contribution is -2.33. The molecule has 5 nitrogen and oxygen atoms in total. The maximum Gasteiger partial charge on any atom is 0.409 e. The fourth-order valence-electron chi connectivity index (χ4n) is 2.81. The summed E-state index contributed by atoms with van der Waals surface area (Å²) in [5.41, 5.74) is 2.65. The molecule has 0 unspecified atom stereocenters. The number of benzene rings is 1. The zero-order chi connectivity index (χ0) is 14.8. The first kappa shape index (κ1) is 13.7. The third-order valence-electron chi connectivity index (χ3n) is 3.89. The van der Waals surface area contributed by atoms with E-state index >= 15 is 0 Å². The Bertz CT molecular complexity index is 736. The van der Waals surface area contributed by atoms with E-state index in [2.05, 4.69) is 4.98 Å². The van der Waals surface area contributed by atoms with E-state index in [0.717, 1.165) is 16.8 Å². The molecule has 1 N–H and O–H groups in total. The summed E-state index contributed by atoms with van der Waals surface area (Å²) in [5, 5.41) is 0.709. The maximum absolute atomic E-state index is 12.6. The Hall–Kier alpha value is -2.30. The molecule has 1 aliphatic heterocycles. The van der Waals surface area contributed by atoms with E-state index in [-0.39, 0.29) is 11.5 Å². The lowest BCUT2D eigenvalue weighted by Gasteiger charge is -2.18. The van der Waals surface area contributed by atoms with Crippen molar-refractivity contribution in [1.82, 2.24) is 9.88 Å². The monoisotopic (exact) mass is 286 g/mol. The summed E-state index contributed by atoms with van der Waals surface area (Å²) in [6, 6.07) is 7.52. The molecule has 110 valence electrons. The topological polar surface area (TPSA) is 62.4 Å². The smallest absolute Gasteiger partial charge is 0.409 e. The van der Waals surface area contributed by atoms with Gasteiger partial charge in [0.15, 0.2) is 5.43 Å². The van der Waals surface area contributed by atoms with Crippen LogP contribution in [0.4, 0.5) is 4.79 Å². The van der Waals surface area contributed by atoms with Gasteiger partial charge in [0.25, 0.3) is 0 Å². The van der Waals surface area contributed by atoms with Crippen LogP contribution in [0.15, 0.2) is 29.1 Å². The number of aromatic nitrogens is 1. The first-order valence-electron chi connectivity index (χ1n) is 7.25. The molecule has 1 amide bonds. The molecule has 2 heterocycles. The molecule has 0 atom stereocenters. The number of nitrogens with one attached hydrogen (secondary N) is 1. The molecule has 3 rings (SSSR count). The van der Waals surface area contributed by atoms with E-state index < -0.39 is 0 Å². The molecule has 0 saturated carbocycles. The summed E-state index contributed by atoms with van der Waals surface area (Å²) in [4.78, 5) is 29.4. The minimum absolute atomic E-state index is 0.0741. The van der Waals surface area contributed by atoms with E-state index in [1.165, 1.54) is 0 Å². The molecule has 21 heavy (non-hydrogen) atoms. The third kappa shape index (κ3) is 2.51. The summed E-state index contributed by atoms with van der Waals surface area (Å²) in [6.07, 6.45) is 0.907. The SMILES string of the molecule is CCOC(=O)N1CCc2[nH]c3ccccc3c(=O)c2CC1. The van der Waals surface area contributed by atoms with Crippen LogP contribution in [-0.4, -0.2) is 35.7 Å². The van der Waals surface area contributed by atoms with Crippen molar-refractivity contribution in [1.29, 1.82) is 0 Å². The number of hydrogen-bond donors (Lipinski definition) is 1. The molecule has 0 spiro atoms. The molecule has 0 fully saturated rings. The first-order valence-corrected chi connectivity index (χ1v) is 7.25. The number of amides is 1. The molecular formula is C16H18N2O3. The number of hydrogen-bond acceptors (Lipinski definition) is 3. The highest BCUT2D eigenvalue weighted by Crippen LogP contribution is 2.16. The van der Waals surface area contributed by atoms with E-state index in [0.29, 0.717) is 37.9 Å². The van der Waals surface area contributed by atoms with Crippen LogP contribution in [0.1, 0.15) is 18.2 Å². The van der Waals surface area contributed by atoms with Gasteiger partial charge >= 0.3 is 6.09 Å². The second-order valence-electron chi connectivity index (χ2n) is 5.14. The second kappa shape index (κ2) is 5.60. The number of fused-ring (bicyclic) bond motifs is 2. The van der Waals surface area contributed by atoms with Crippen molar-refractivity contribution in [2.75, 3.05) is 19.7 Å². The van der Waals surface area contributed by atoms with Gasteiger partial charge in [-0.25, -0.2) is 4.79 Å². The molecule has 1 aliphatic rings. The maximum atomic E-state index is 12.6. The lowest BCUT2D eigenvalue weighted by molar-refractivity contribution is 0.109. The predicted molar refractivity (Wildman–Crippen MR) is 80.6 cm³/mol. The van der Waals surface area contributed by atoms with Gasteiger partial charge in [-0.2, -0.15) is 0 Å². The summed E-state index contributed by atoms with van der Waals surface area (Å²) >= 11 is 0. The number of pyridine rings is 1. The van der Waals surface area contributed by atoms with E-state index in [1.54, 1.807) is 11.8 Å². The van der Waals surface area contributed by atoms with Crippen molar-refractivity contribution < 1.29 is 9.53 Å². The van der Waals surface area contributed by atoms with Crippen LogP contribution in [0.25, 0.3) is 10.9 Å². The highest BCUT2D eigenvalue weighted by molar-refractivity contribution is 5.79. The Morgan fingerprint density at radius 2 is 2.05 bits per heavy atom. The van der Waals surface area contributed by atoms with Gasteiger partial charge in [-0.05, 0) is 25.5 Å². The van der Waals surface area contributed by atoms with E-state index in [9.17, 15) is 9.59 Å². The quantitative estimate of drug-likeness (QED) is 0.873. The molecule has 0 radical (unpaired) electrons. The summed E-state index contributed by atoms with van der Waals surface area (Å²) in [5.74, 6) is 0. The van der Waals surface area contributed by atoms with Gasteiger partial charge in [0.2, 0.25) is 0 Å². The Morgan fingerprint density at radius 1 is 1.29 bits per heavy atom. The van der Waals surface area contributed by atoms with Gasteiger partial charge in [0, 0.05) is 41.7 Å². The summed E-state index contributed by atoms with van der Waals surface area (Å²) in [7, 11) is 0. The number of rotatable bonds is 1. The van der Waals surface area contributed by atoms with Crippen LogP contribution in [0.2, 0.25) is 0 Å². The number of aromatic amines is 1. The van der Waals surface area contributed by atoms with Gasteiger partial charge in [-0.15, -0.1) is 0 Å². The average molecular weight is 286 g/mol. The molecule has 5 heteroatoms. The summed E-state index contributed by atoms with van der Waals surface area (Å²) < 4.78 is 5.04. The van der Waals surface area contributed by atoms with Crippen LogP contribution in [0.5, 0.6) is 0 Å². The molecule has 0 bridgehead atoms. The van der Waals surface area contributed by atoms with Gasteiger partial charge < -0.3 is 14.6 Å². The van der Waals surface area contributed by atoms with Crippen LogP contribution in [-0.2, 0) is 17.6 Å². The van der Waals surface area contributed by atoms with Crippen molar-refractivity contribution in [2.45, 2.75) is 19.8 Å². The molecule has 1 aromatic carbocycles. The second-order valence-corrected chi connectivity index (χ2v) is 5.14. The number of para-hydroxylation sites is 1. The summed E-state index contributed by atoms with van der Waals surface area (Å²) in [6.45, 7) is 3.25. The zero-order valence-electron chi connectivity index (χ0n) is 12.0. The molecule has 1 aromatic heterocycles. The minimum atomic E-state index is -0.303. The Morgan fingerprint density at radius 3 is 2.86 bits per heavy atom. The largest absolute Gasteiger partial charge is 0.450 e. The van der Waals surface area contributed by atoms with E-state index in [1.807, 2.05) is 24.3 Å². The van der Waals surface area contributed by atoms with Gasteiger partial charge in [-0.3, -0.25) is 4.79 Å². The Balaban J connectivity index is 1.96. The lowest BCUT2D eigenvalue weighted by atomic mass is 10.0. The Kier molecular flexibility index (Phi) is 3.64. The third-order valence-corrected chi connectivity index (χ3v) is 3.89. The molecule has 0 aliphatic carbocycles. The normalized spacial score (nSPS) is 14.6. The van der Waals surface area contributed by atoms with Crippen LogP contribution < -0.4 is 5.43 Å². The minimum Gasteiger partial charge on any atom is -0.450 e. The number of H-pyrrole nitrogens is 1. The molecular weight excluding hydrogens is 268 g/mol. The standard InChI is InChI=1S/C16H18N2O3/c1-2-21-16(20)18-9-7-12-14(8-10-18)17-13-6-4-3-5-11(13)15(12)19/h3-6H,2,7-10H2,1H3,(H,17,19). The molecule has 2 aromatic rings. The number of carbonyl (C=O) groups is 1. The highest BCUT2D eigenvalue weighted by Gasteiger charge is 2.22. The van der Waals surface area contributed by atoms with Crippen LogP contribution in [0, 0.1) is 0 Å². The average Bonchev–Trinajstić information content (AvgIpc) is 2.71. The van der Waals surface area contributed by atoms with Crippen molar-refractivity contribution in [3.8, 4) is 0 Å².